The number of nitrogens with zero attached hydrogens (tertiary/aromatic N) is 1. The minimum Gasteiger partial charge on any atom is -0.385 e. The number of benzene rings is 1. The molecular formula is C18H30NO2+. The van der Waals surface area contributed by atoms with Crippen molar-refractivity contribution in [3.05, 3.63) is 35.9 Å². The van der Waals surface area contributed by atoms with Crippen molar-refractivity contribution in [2.24, 2.45) is 0 Å². The van der Waals surface area contributed by atoms with Gasteiger partial charge < -0.3 is 14.3 Å². The molecule has 0 bridgehead atoms. The van der Waals surface area contributed by atoms with Gasteiger partial charge in [-0.1, -0.05) is 43.7 Å². The zero-order chi connectivity index (χ0) is 15.0. The van der Waals surface area contributed by atoms with Crippen molar-refractivity contribution in [3.63, 3.8) is 0 Å². The Hall–Kier alpha value is -0.900. The Labute approximate surface area is 129 Å². The van der Waals surface area contributed by atoms with E-state index in [0.29, 0.717) is 6.61 Å². The molecule has 0 amide bonds. The van der Waals surface area contributed by atoms with Crippen molar-refractivity contribution in [2.45, 2.75) is 45.3 Å². The minimum absolute atomic E-state index is 0.344. The lowest BCUT2D eigenvalue weighted by Crippen LogP contribution is -2.50. The maximum Gasteiger partial charge on any atom is 0.126 e. The average Bonchev–Trinajstić information content (AvgIpc) is 2.93. The first kappa shape index (κ1) is 16.5. The topological polar surface area (TPSA) is 29.5 Å². The molecule has 1 fully saturated rings. The molecule has 21 heavy (non-hydrogen) atoms. The fraction of sp³-hybridized carbons (Fsp3) is 0.667. The normalized spacial score (nSPS) is 18.8. The number of aliphatic hydroxyl groups excluding tert-OH is 1. The Kier molecular flexibility index (Phi) is 6.68. The van der Waals surface area contributed by atoms with Crippen LogP contribution in [0.15, 0.2) is 30.3 Å². The Morgan fingerprint density at radius 2 is 1.90 bits per heavy atom. The molecule has 1 saturated heterocycles. The molecule has 1 aliphatic heterocycles. The SMILES string of the molecule is CCCCOC[C@@H](O)C[N+]1(Cc2ccccc2)CCCC1. The molecule has 3 heteroatoms. The maximum absolute atomic E-state index is 10.3. The fourth-order valence-electron chi connectivity index (χ4n) is 3.35. The third-order valence-electron chi connectivity index (χ3n) is 4.43. The first-order valence-electron chi connectivity index (χ1n) is 8.39. The molecule has 0 aromatic heterocycles. The summed E-state index contributed by atoms with van der Waals surface area (Å²) in [5.41, 5.74) is 1.37. The highest BCUT2D eigenvalue weighted by Crippen LogP contribution is 2.24. The van der Waals surface area contributed by atoms with Crippen molar-refractivity contribution in [2.75, 3.05) is 32.8 Å². The van der Waals surface area contributed by atoms with E-state index in [2.05, 4.69) is 37.3 Å². The lowest BCUT2D eigenvalue weighted by atomic mass is 10.1. The lowest BCUT2D eigenvalue weighted by Gasteiger charge is -2.36. The quantitative estimate of drug-likeness (QED) is 0.560. The molecule has 1 N–H and O–H groups in total. The van der Waals surface area contributed by atoms with Gasteiger partial charge in [0, 0.05) is 25.0 Å². The van der Waals surface area contributed by atoms with Crippen molar-refractivity contribution in [3.8, 4) is 0 Å². The number of unbranched alkanes of at least 4 members (excludes halogenated alkanes) is 1. The van der Waals surface area contributed by atoms with E-state index in [1.54, 1.807) is 0 Å². The second-order valence-corrected chi connectivity index (χ2v) is 6.40. The van der Waals surface area contributed by atoms with E-state index >= 15 is 0 Å². The molecule has 1 aliphatic rings. The number of likely N-dealkylation sites (tertiary alicyclic amines) is 1. The van der Waals surface area contributed by atoms with Gasteiger partial charge in [-0.2, -0.15) is 0 Å². The van der Waals surface area contributed by atoms with Crippen molar-refractivity contribution in [1.29, 1.82) is 0 Å². The summed E-state index contributed by atoms with van der Waals surface area (Å²) in [5, 5.41) is 10.3. The van der Waals surface area contributed by atoms with Crippen LogP contribution in [0.4, 0.5) is 0 Å². The number of rotatable bonds is 9. The van der Waals surface area contributed by atoms with Gasteiger partial charge >= 0.3 is 0 Å². The van der Waals surface area contributed by atoms with E-state index in [9.17, 15) is 5.11 Å². The van der Waals surface area contributed by atoms with Gasteiger partial charge in [0.15, 0.2) is 0 Å². The molecule has 1 atom stereocenters. The number of hydrogen-bond acceptors (Lipinski definition) is 2. The smallest absolute Gasteiger partial charge is 0.126 e. The molecule has 1 aromatic carbocycles. The maximum atomic E-state index is 10.3. The third kappa shape index (κ3) is 5.42. The number of hydrogen-bond donors (Lipinski definition) is 1. The van der Waals surface area contributed by atoms with Gasteiger partial charge in [0.1, 0.15) is 19.2 Å². The molecule has 2 rings (SSSR count). The van der Waals surface area contributed by atoms with Gasteiger partial charge in [0.05, 0.1) is 19.7 Å². The highest BCUT2D eigenvalue weighted by Gasteiger charge is 2.34. The number of quaternary nitrogens is 1. The van der Waals surface area contributed by atoms with Gasteiger partial charge in [-0.3, -0.25) is 0 Å². The molecule has 0 unspecified atom stereocenters. The fourth-order valence-corrected chi connectivity index (χ4v) is 3.35. The van der Waals surface area contributed by atoms with Crippen LogP contribution in [0.1, 0.15) is 38.2 Å². The molecule has 0 radical (unpaired) electrons. The predicted octanol–water partition coefficient (Wildman–Crippen LogP) is 2.97. The summed E-state index contributed by atoms with van der Waals surface area (Å²) in [4.78, 5) is 0. The standard InChI is InChI=1S/C18H30NO2/c1-2-3-13-21-16-18(20)15-19(11-7-8-12-19)14-17-9-5-4-6-10-17/h4-6,9-10,18,20H,2-3,7-8,11-16H2,1H3/q+1/t18-/m0/s1. The largest absolute Gasteiger partial charge is 0.385 e. The summed E-state index contributed by atoms with van der Waals surface area (Å²) in [6.45, 7) is 7.63. The Morgan fingerprint density at radius 1 is 1.19 bits per heavy atom. The molecule has 0 saturated carbocycles. The van der Waals surface area contributed by atoms with Crippen LogP contribution in [0.25, 0.3) is 0 Å². The minimum atomic E-state index is -0.344. The number of aliphatic hydroxyl groups is 1. The van der Waals surface area contributed by atoms with Gasteiger partial charge in [0.25, 0.3) is 0 Å². The van der Waals surface area contributed by atoms with Crippen LogP contribution in [0.2, 0.25) is 0 Å². The first-order chi connectivity index (χ1) is 10.2. The first-order valence-corrected chi connectivity index (χ1v) is 8.39. The molecule has 1 heterocycles. The van der Waals surface area contributed by atoms with E-state index < -0.39 is 0 Å². The Morgan fingerprint density at radius 3 is 2.57 bits per heavy atom. The van der Waals surface area contributed by atoms with Gasteiger partial charge in [-0.25, -0.2) is 0 Å². The van der Waals surface area contributed by atoms with Gasteiger partial charge in [-0.15, -0.1) is 0 Å². The van der Waals surface area contributed by atoms with Crippen LogP contribution in [-0.4, -0.2) is 48.5 Å². The summed E-state index contributed by atoms with van der Waals surface area (Å²) in [6, 6.07) is 10.7. The highest BCUT2D eigenvalue weighted by molar-refractivity contribution is 5.13. The summed E-state index contributed by atoms with van der Waals surface area (Å²) in [5.74, 6) is 0. The van der Waals surface area contributed by atoms with Crippen LogP contribution >= 0.6 is 0 Å². The monoisotopic (exact) mass is 292 g/mol. The van der Waals surface area contributed by atoms with E-state index in [1.165, 1.54) is 31.5 Å². The molecule has 3 nitrogen and oxygen atoms in total. The van der Waals surface area contributed by atoms with Crippen LogP contribution in [0, 0.1) is 0 Å². The summed E-state index contributed by atoms with van der Waals surface area (Å²) in [7, 11) is 0. The average molecular weight is 292 g/mol. The highest BCUT2D eigenvalue weighted by atomic mass is 16.5. The molecule has 118 valence electrons. The van der Waals surface area contributed by atoms with Crippen LogP contribution in [0.3, 0.4) is 0 Å². The molecule has 1 aromatic rings. The van der Waals surface area contributed by atoms with E-state index in [1.807, 2.05) is 0 Å². The van der Waals surface area contributed by atoms with Gasteiger partial charge in [0.2, 0.25) is 0 Å². The van der Waals surface area contributed by atoms with Crippen LogP contribution in [0.5, 0.6) is 0 Å². The van der Waals surface area contributed by atoms with Crippen LogP contribution < -0.4 is 0 Å². The summed E-state index contributed by atoms with van der Waals surface area (Å²) in [6.07, 6.45) is 4.43. The summed E-state index contributed by atoms with van der Waals surface area (Å²) >= 11 is 0. The van der Waals surface area contributed by atoms with Crippen molar-refractivity contribution < 1.29 is 14.3 Å². The second kappa shape index (κ2) is 8.52. The van der Waals surface area contributed by atoms with E-state index in [0.717, 1.165) is 37.0 Å². The third-order valence-corrected chi connectivity index (χ3v) is 4.43. The lowest BCUT2D eigenvalue weighted by molar-refractivity contribution is -0.932. The summed E-state index contributed by atoms with van der Waals surface area (Å²) < 4.78 is 6.60. The zero-order valence-electron chi connectivity index (χ0n) is 13.3. The van der Waals surface area contributed by atoms with E-state index in [-0.39, 0.29) is 6.10 Å². The second-order valence-electron chi connectivity index (χ2n) is 6.40. The predicted molar refractivity (Wildman–Crippen MR) is 86.0 cm³/mol. The Bertz CT molecular complexity index is 387. The molecule has 0 aliphatic carbocycles. The van der Waals surface area contributed by atoms with E-state index in [4.69, 9.17) is 4.74 Å². The molecule has 0 spiro atoms. The van der Waals surface area contributed by atoms with Crippen molar-refractivity contribution in [1.82, 2.24) is 0 Å². The zero-order valence-corrected chi connectivity index (χ0v) is 13.3. The van der Waals surface area contributed by atoms with Crippen LogP contribution in [-0.2, 0) is 11.3 Å². The Balaban J connectivity index is 1.86. The number of ether oxygens (including phenoxy) is 1. The van der Waals surface area contributed by atoms with Gasteiger partial charge in [-0.05, 0) is 6.42 Å². The molecular weight excluding hydrogens is 262 g/mol. The van der Waals surface area contributed by atoms with Crippen molar-refractivity contribution >= 4 is 0 Å².